The Balaban J connectivity index is 1.98. The van der Waals surface area contributed by atoms with E-state index in [1.165, 1.54) is 18.9 Å². The molecule has 26 heavy (non-hydrogen) atoms. The largest absolute Gasteiger partial charge is 0.453 e. The second-order valence-electron chi connectivity index (χ2n) is 6.27. The van der Waals surface area contributed by atoms with Crippen molar-refractivity contribution >= 4 is 34.7 Å². The Kier molecular flexibility index (Phi) is 5.61. The predicted molar refractivity (Wildman–Crippen MR) is 99.4 cm³/mol. The molecule has 0 saturated heterocycles. The molecule has 2 amide bonds. The fraction of sp³-hybridized carbons (Fsp3) is 0.444. The third-order valence-electron chi connectivity index (χ3n) is 4.53. The Morgan fingerprint density at radius 3 is 2.69 bits per heavy atom. The second kappa shape index (κ2) is 7.90. The number of ether oxygens (including phenoxy) is 1. The van der Waals surface area contributed by atoms with Crippen molar-refractivity contribution < 1.29 is 14.3 Å². The van der Waals surface area contributed by atoms with Gasteiger partial charge in [-0.25, -0.2) is 9.78 Å². The van der Waals surface area contributed by atoms with Crippen molar-refractivity contribution in [3.05, 3.63) is 34.6 Å². The topological polar surface area (TPSA) is 90.3 Å². The maximum Gasteiger partial charge on any atom is 0.413 e. The Hall–Kier alpha value is -2.35. The van der Waals surface area contributed by atoms with Crippen molar-refractivity contribution in [2.24, 2.45) is 0 Å². The summed E-state index contributed by atoms with van der Waals surface area (Å²) in [6.45, 7) is 1.67. The van der Waals surface area contributed by atoms with E-state index in [4.69, 9.17) is 0 Å². The quantitative estimate of drug-likeness (QED) is 0.653. The van der Waals surface area contributed by atoms with Crippen LogP contribution in [-0.2, 0) is 9.53 Å². The molecule has 1 aromatic heterocycles. The Bertz CT molecular complexity index is 890. The second-order valence-corrected chi connectivity index (χ2v) is 7.57. The molecule has 3 rings (SSSR count). The van der Waals surface area contributed by atoms with Crippen molar-refractivity contribution in [2.75, 3.05) is 7.11 Å². The van der Waals surface area contributed by atoms with Crippen LogP contribution in [0.2, 0.25) is 0 Å². The Labute approximate surface area is 155 Å². The number of carbonyl (C=O) groups excluding carboxylic acids is 2. The van der Waals surface area contributed by atoms with E-state index in [9.17, 15) is 14.4 Å². The van der Waals surface area contributed by atoms with Gasteiger partial charge < -0.3 is 4.74 Å². The first kappa shape index (κ1) is 18.4. The summed E-state index contributed by atoms with van der Waals surface area (Å²) in [6.07, 6.45) is 3.20. The van der Waals surface area contributed by atoms with Crippen LogP contribution in [0.4, 0.5) is 4.79 Å². The molecule has 2 aromatic rings. The molecule has 8 heteroatoms. The molecule has 0 radical (unpaired) electrons. The molecule has 1 aliphatic carbocycles. The van der Waals surface area contributed by atoms with Crippen LogP contribution in [0.5, 0.6) is 0 Å². The Morgan fingerprint density at radius 2 is 2.00 bits per heavy atom. The normalized spacial score (nSPS) is 15.8. The SMILES string of the molecule is COC(=O)NC(=O)[C@@H](C)Sc1nc2ccccc2c(=O)n1C1CCCC1. The average molecular weight is 375 g/mol. The highest BCUT2D eigenvalue weighted by Gasteiger charge is 2.26. The van der Waals surface area contributed by atoms with Crippen molar-refractivity contribution in [3.63, 3.8) is 0 Å². The van der Waals surface area contributed by atoms with E-state index in [2.05, 4.69) is 15.0 Å². The van der Waals surface area contributed by atoms with Crippen molar-refractivity contribution in [1.29, 1.82) is 0 Å². The molecule has 0 unspecified atom stereocenters. The number of hydrogen-bond donors (Lipinski definition) is 1. The van der Waals surface area contributed by atoms with Gasteiger partial charge in [0.25, 0.3) is 5.56 Å². The summed E-state index contributed by atoms with van der Waals surface area (Å²) >= 11 is 1.18. The molecule has 0 bridgehead atoms. The van der Waals surface area contributed by atoms with Gasteiger partial charge in [0, 0.05) is 6.04 Å². The fourth-order valence-electron chi connectivity index (χ4n) is 3.16. The minimum Gasteiger partial charge on any atom is -0.453 e. The first-order valence-corrected chi connectivity index (χ1v) is 9.46. The third kappa shape index (κ3) is 3.75. The highest BCUT2D eigenvalue weighted by Crippen LogP contribution is 2.33. The van der Waals surface area contributed by atoms with Crippen LogP contribution >= 0.6 is 11.8 Å². The summed E-state index contributed by atoms with van der Waals surface area (Å²) in [7, 11) is 1.20. The lowest BCUT2D eigenvalue weighted by atomic mass is 10.2. The van der Waals surface area contributed by atoms with E-state index in [1.807, 2.05) is 12.1 Å². The maximum atomic E-state index is 13.0. The number of thioether (sulfide) groups is 1. The number of rotatable bonds is 4. The number of para-hydroxylation sites is 1. The van der Waals surface area contributed by atoms with E-state index >= 15 is 0 Å². The van der Waals surface area contributed by atoms with E-state index in [0.29, 0.717) is 16.1 Å². The minimum absolute atomic E-state index is 0.0782. The number of nitrogens with one attached hydrogen (secondary N) is 1. The van der Waals surface area contributed by atoms with Gasteiger partial charge in [0.15, 0.2) is 5.16 Å². The number of fused-ring (bicyclic) bond motifs is 1. The molecule has 1 heterocycles. The molecule has 1 N–H and O–H groups in total. The van der Waals surface area contributed by atoms with Gasteiger partial charge in [0.1, 0.15) is 0 Å². The summed E-state index contributed by atoms with van der Waals surface area (Å²) < 4.78 is 6.18. The summed E-state index contributed by atoms with van der Waals surface area (Å²) in [5.41, 5.74) is 0.528. The molecule has 1 aliphatic rings. The number of benzene rings is 1. The molecule has 138 valence electrons. The van der Waals surface area contributed by atoms with Crippen molar-refractivity contribution in [2.45, 2.75) is 49.1 Å². The monoisotopic (exact) mass is 375 g/mol. The van der Waals surface area contributed by atoms with Gasteiger partial charge in [0.2, 0.25) is 5.91 Å². The summed E-state index contributed by atoms with van der Waals surface area (Å²) in [5, 5.41) is 2.64. The predicted octanol–water partition coefficient (Wildman–Crippen LogP) is 2.87. The summed E-state index contributed by atoms with van der Waals surface area (Å²) in [4.78, 5) is 41.1. The van der Waals surface area contributed by atoms with Crippen LogP contribution in [0.1, 0.15) is 38.6 Å². The first-order chi connectivity index (χ1) is 12.5. The number of nitrogens with zero attached hydrogens (tertiary/aromatic N) is 2. The van der Waals surface area contributed by atoms with Crippen LogP contribution in [0.25, 0.3) is 10.9 Å². The van der Waals surface area contributed by atoms with Gasteiger partial charge in [-0.3, -0.25) is 19.5 Å². The van der Waals surface area contributed by atoms with Gasteiger partial charge in [-0.1, -0.05) is 36.7 Å². The number of imide groups is 1. The molecule has 1 atom stereocenters. The van der Waals surface area contributed by atoms with Gasteiger partial charge in [-0.15, -0.1) is 0 Å². The average Bonchev–Trinajstić information content (AvgIpc) is 3.15. The van der Waals surface area contributed by atoms with E-state index in [1.54, 1.807) is 23.6 Å². The lowest BCUT2D eigenvalue weighted by Crippen LogP contribution is -2.36. The number of hydrogen-bond acceptors (Lipinski definition) is 6. The van der Waals surface area contributed by atoms with Crippen LogP contribution in [0.3, 0.4) is 0 Å². The molecule has 0 spiro atoms. The lowest BCUT2D eigenvalue weighted by Gasteiger charge is -2.20. The highest BCUT2D eigenvalue weighted by molar-refractivity contribution is 8.00. The van der Waals surface area contributed by atoms with Gasteiger partial charge in [-0.05, 0) is 31.9 Å². The van der Waals surface area contributed by atoms with Crippen LogP contribution in [0.15, 0.2) is 34.2 Å². The molecule has 1 fully saturated rings. The fourth-order valence-corrected chi connectivity index (χ4v) is 4.14. The number of aromatic nitrogens is 2. The minimum atomic E-state index is -0.804. The zero-order chi connectivity index (χ0) is 18.7. The Morgan fingerprint density at radius 1 is 1.31 bits per heavy atom. The van der Waals surface area contributed by atoms with Gasteiger partial charge >= 0.3 is 6.09 Å². The molecule has 7 nitrogen and oxygen atoms in total. The number of alkyl carbamates (subject to hydrolysis) is 1. The maximum absolute atomic E-state index is 13.0. The smallest absolute Gasteiger partial charge is 0.413 e. The summed E-state index contributed by atoms with van der Waals surface area (Å²) in [6, 6.07) is 7.31. The van der Waals surface area contributed by atoms with Crippen LogP contribution in [0, 0.1) is 0 Å². The zero-order valence-electron chi connectivity index (χ0n) is 14.7. The summed E-state index contributed by atoms with van der Waals surface area (Å²) in [5.74, 6) is -0.484. The molecular weight excluding hydrogens is 354 g/mol. The molecule has 1 aromatic carbocycles. The number of methoxy groups -OCH3 is 1. The van der Waals surface area contributed by atoms with Crippen LogP contribution < -0.4 is 10.9 Å². The van der Waals surface area contributed by atoms with Crippen molar-refractivity contribution in [1.82, 2.24) is 14.9 Å². The van der Waals surface area contributed by atoms with E-state index in [0.717, 1.165) is 25.7 Å². The van der Waals surface area contributed by atoms with Crippen LogP contribution in [-0.4, -0.2) is 33.9 Å². The first-order valence-electron chi connectivity index (χ1n) is 8.58. The molecule has 0 aliphatic heterocycles. The van der Waals surface area contributed by atoms with Gasteiger partial charge in [0.05, 0.1) is 23.3 Å². The standard InChI is InChI=1S/C18H21N3O4S/c1-11(15(22)20-18(24)25-2)26-17-19-14-10-6-5-9-13(14)16(23)21(17)12-7-3-4-8-12/h5-6,9-12H,3-4,7-8H2,1-2H3,(H,20,22,24)/t11-/m1/s1. The number of carbonyl (C=O) groups is 2. The molecule has 1 saturated carbocycles. The highest BCUT2D eigenvalue weighted by atomic mass is 32.2. The third-order valence-corrected chi connectivity index (χ3v) is 5.59. The number of amides is 2. The van der Waals surface area contributed by atoms with Crippen molar-refractivity contribution in [3.8, 4) is 0 Å². The van der Waals surface area contributed by atoms with E-state index in [-0.39, 0.29) is 11.6 Å². The zero-order valence-corrected chi connectivity index (χ0v) is 15.5. The van der Waals surface area contributed by atoms with Gasteiger partial charge in [-0.2, -0.15) is 0 Å². The molecular formula is C18H21N3O4S. The van der Waals surface area contributed by atoms with E-state index < -0.39 is 17.3 Å². The lowest BCUT2D eigenvalue weighted by molar-refractivity contribution is -0.119.